The lowest BCUT2D eigenvalue weighted by molar-refractivity contribution is -0.383. The average Bonchev–Trinajstić information content (AvgIpc) is 2.37. The van der Waals surface area contributed by atoms with E-state index in [1.54, 1.807) is 0 Å². The van der Waals surface area contributed by atoms with Gasteiger partial charge in [0.2, 0.25) is 10.0 Å². The Morgan fingerprint density at radius 3 is 2.57 bits per heavy atom. The van der Waals surface area contributed by atoms with Gasteiger partial charge < -0.3 is 10.6 Å². The minimum Gasteiger partial charge on any atom is -0.393 e. The molecule has 0 radical (unpaired) electrons. The molecule has 1 unspecified atom stereocenters. The number of sulfonamides is 1. The first kappa shape index (κ1) is 15.7. The van der Waals surface area contributed by atoms with Gasteiger partial charge in [-0.15, -0.1) is 0 Å². The maximum Gasteiger partial charge on any atom is 0.292 e. The first-order valence-corrected chi connectivity index (χ1v) is 7.92. The van der Waals surface area contributed by atoms with Crippen molar-refractivity contribution in [2.24, 2.45) is 0 Å². The van der Waals surface area contributed by atoms with Gasteiger partial charge in [-0.3, -0.25) is 10.1 Å². The Morgan fingerprint density at radius 1 is 1.38 bits per heavy atom. The molecule has 1 heterocycles. The molecule has 1 aliphatic heterocycles. The van der Waals surface area contributed by atoms with Crippen molar-refractivity contribution in [3.8, 4) is 0 Å². The highest BCUT2D eigenvalue weighted by Crippen LogP contribution is 2.27. The fourth-order valence-corrected chi connectivity index (χ4v) is 4.12. The summed E-state index contributed by atoms with van der Waals surface area (Å²) in [7, 11) is -1.76. The predicted octanol–water partition coefficient (Wildman–Crippen LogP) is 0.502. The van der Waals surface area contributed by atoms with Gasteiger partial charge in [-0.05, 0) is 26.1 Å². The molecule has 1 aromatic carbocycles. The molecular formula is C12H18N4O4S. The van der Waals surface area contributed by atoms with Crippen molar-refractivity contribution in [3.63, 3.8) is 0 Å². The van der Waals surface area contributed by atoms with Crippen LogP contribution in [-0.2, 0) is 10.0 Å². The zero-order valence-corrected chi connectivity index (χ0v) is 12.7. The van der Waals surface area contributed by atoms with E-state index in [1.807, 2.05) is 14.0 Å². The number of rotatable bonds is 3. The molecule has 1 aromatic rings. The van der Waals surface area contributed by atoms with Gasteiger partial charge in [0.25, 0.3) is 5.69 Å². The lowest BCUT2D eigenvalue weighted by Crippen LogP contribution is -2.52. The summed E-state index contributed by atoms with van der Waals surface area (Å²) in [5.41, 5.74) is 5.13. The van der Waals surface area contributed by atoms with Gasteiger partial charge in [0, 0.05) is 31.7 Å². The lowest BCUT2D eigenvalue weighted by atomic mass is 10.2. The highest BCUT2D eigenvalue weighted by molar-refractivity contribution is 7.89. The van der Waals surface area contributed by atoms with Crippen LogP contribution in [-0.4, -0.2) is 55.3 Å². The molecule has 0 amide bonds. The van der Waals surface area contributed by atoms with E-state index >= 15 is 0 Å². The number of nitro groups is 1. The van der Waals surface area contributed by atoms with Crippen molar-refractivity contribution in [3.05, 3.63) is 28.3 Å². The fraction of sp³-hybridized carbons (Fsp3) is 0.500. The number of hydrogen-bond acceptors (Lipinski definition) is 6. The second-order valence-electron chi connectivity index (χ2n) is 5.20. The summed E-state index contributed by atoms with van der Waals surface area (Å²) in [6.45, 7) is 3.51. The van der Waals surface area contributed by atoms with E-state index < -0.39 is 14.9 Å². The van der Waals surface area contributed by atoms with Crippen LogP contribution in [0.1, 0.15) is 6.92 Å². The number of benzene rings is 1. The largest absolute Gasteiger partial charge is 0.393 e. The van der Waals surface area contributed by atoms with Crippen molar-refractivity contribution < 1.29 is 13.3 Å². The van der Waals surface area contributed by atoms with E-state index in [2.05, 4.69) is 4.90 Å². The maximum atomic E-state index is 12.6. The van der Waals surface area contributed by atoms with Crippen LogP contribution in [0.4, 0.5) is 11.4 Å². The SMILES string of the molecule is CC1CN(C)CCN1S(=O)(=O)c1ccc([N+](=O)[O-])c(N)c1. The van der Waals surface area contributed by atoms with Crippen molar-refractivity contribution in [1.82, 2.24) is 9.21 Å². The smallest absolute Gasteiger partial charge is 0.292 e. The Kier molecular flexibility index (Phi) is 4.17. The van der Waals surface area contributed by atoms with Crippen molar-refractivity contribution >= 4 is 21.4 Å². The van der Waals surface area contributed by atoms with Crippen LogP contribution in [0.3, 0.4) is 0 Å². The molecule has 116 valence electrons. The molecule has 0 aromatic heterocycles. The Morgan fingerprint density at radius 2 is 2.05 bits per heavy atom. The number of nitro benzene ring substituents is 1. The minimum atomic E-state index is -3.70. The summed E-state index contributed by atoms with van der Waals surface area (Å²) in [4.78, 5) is 12.1. The molecule has 0 bridgehead atoms. The second kappa shape index (κ2) is 5.58. The number of hydrogen-bond donors (Lipinski definition) is 1. The van der Waals surface area contributed by atoms with E-state index in [1.165, 1.54) is 10.4 Å². The summed E-state index contributed by atoms with van der Waals surface area (Å²) in [6, 6.07) is 3.35. The van der Waals surface area contributed by atoms with Crippen LogP contribution < -0.4 is 5.73 Å². The summed E-state index contributed by atoms with van der Waals surface area (Å²) >= 11 is 0. The Hall–Kier alpha value is -1.71. The molecule has 0 spiro atoms. The maximum absolute atomic E-state index is 12.6. The quantitative estimate of drug-likeness (QED) is 0.494. The number of anilines is 1. The Bertz CT molecular complexity index is 661. The van der Waals surface area contributed by atoms with Crippen LogP contribution in [0.15, 0.2) is 23.1 Å². The number of nitrogen functional groups attached to an aromatic ring is 1. The van der Waals surface area contributed by atoms with Crippen LogP contribution in [0.5, 0.6) is 0 Å². The first-order chi connectivity index (χ1) is 9.73. The molecule has 1 aliphatic rings. The van der Waals surface area contributed by atoms with E-state index in [-0.39, 0.29) is 22.3 Å². The topological polar surface area (TPSA) is 110 Å². The highest BCUT2D eigenvalue weighted by atomic mass is 32.2. The summed E-state index contributed by atoms with van der Waals surface area (Å²) in [5.74, 6) is 0. The van der Waals surface area contributed by atoms with Crippen LogP contribution in [0.2, 0.25) is 0 Å². The third kappa shape index (κ3) is 2.99. The molecule has 21 heavy (non-hydrogen) atoms. The second-order valence-corrected chi connectivity index (χ2v) is 7.10. The monoisotopic (exact) mass is 314 g/mol. The molecule has 9 heteroatoms. The van der Waals surface area contributed by atoms with E-state index in [0.717, 1.165) is 12.1 Å². The Labute approximate surface area is 123 Å². The third-order valence-electron chi connectivity index (χ3n) is 3.57. The lowest BCUT2D eigenvalue weighted by Gasteiger charge is -2.37. The summed E-state index contributed by atoms with van der Waals surface area (Å²) < 4.78 is 26.6. The van der Waals surface area contributed by atoms with Gasteiger partial charge in [-0.2, -0.15) is 4.31 Å². The molecule has 1 saturated heterocycles. The van der Waals surface area contributed by atoms with E-state index in [9.17, 15) is 18.5 Å². The molecule has 2 N–H and O–H groups in total. The molecule has 0 aliphatic carbocycles. The summed E-state index contributed by atoms with van der Waals surface area (Å²) in [6.07, 6.45) is 0. The fourth-order valence-electron chi connectivity index (χ4n) is 2.47. The molecule has 1 atom stereocenters. The van der Waals surface area contributed by atoms with Gasteiger partial charge in [-0.25, -0.2) is 8.42 Å². The average molecular weight is 314 g/mol. The first-order valence-electron chi connectivity index (χ1n) is 6.48. The predicted molar refractivity (Wildman–Crippen MR) is 78.4 cm³/mol. The number of nitrogens with two attached hydrogens (primary N) is 1. The normalized spacial score (nSPS) is 21.3. The molecule has 8 nitrogen and oxygen atoms in total. The van der Waals surface area contributed by atoms with E-state index in [0.29, 0.717) is 19.6 Å². The Balaban J connectivity index is 2.36. The van der Waals surface area contributed by atoms with Crippen LogP contribution in [0.25, 0.3) is 0 Å². The summed E-state index contributed by atoms with van der Waals surface area (Å²) in [5, 5.41) is 10.7. The van der Waals surface area contributed by atoms with Crippen LogP contribution in [0, 0.1) is 10.1 Å². The standard InChI is InChI=1S/C12H18N4O4S/c1-9-8-14(2)5-6-15(9)21(19,20)10-3-4-12(16(17)18)11(13)7-10/h3-4,7,9H,5-6,8,13H2,1-2H3. The van der Waals surface area contributed by atoms with Crippen molar-refractivity contribution in [1.29, 1.82) is 0 Å². The van der Waals surface area contributed by atoms with Gasteiger partial charge in [0.05, 0.1) is 9.82 Å². The highest BCUT2D eigenvalue weighted by Gasteiger charge is 2.33. The van der Waals surface area contributed by atoms with Crippen molar-refractivity contribution in [2.45, 2.75) is 17.9 Å². The number of likely N-dealkylation sites (N-methyl/N-ethyl adjacent to an activating group) is 1. The third-order valence-corrected chi connectivity index (χ3v) is 5.58. The molecule has 0 saturated carbocycles. The number of piperazine rings is 1. The van der Waals surface area contributed by atoms with Crippen LogP contribution >= 0.6 is 0 Å². The van der Waals surface area contributed by atoms with Gasteiger partial charge in [0.15, 0.2) is 0 Å². The van der Waals surface area contributed by atoms with Gasteiger partial charge >= 0.3 is 0 Å². The zero-order chi connectivity index (χ0) is 15.8. The van der Waals surface area contributed by atoms with Gasteiger partial charge in [0.1, 0.15) is 5.69 Å². The van der Waals surface area contributed by atoms with Crippen molar-refractivity contribution in [2.75, 3.05) is 32.4 Å². The van der Waals surface area contributed by atoms with Gasteiger partial charge in [-0.1, -0.05) is 0 Å². The zero-order valence-electron chi connectivity index (χ0n) is 11.9. The number of nitrogens with zero attached hydrogens (tertiary/aromatic N) is 3. The van der Waals surface area contributed by atoms with E-state index in [4.69, 9.17) is 5.73 Å². The molecule has 1 fully saturated rings. The minimum absolute atomic E-state index is 0.0120. The molecule has 2 rings (SSSR count). The molecular weight excluding hydrogens is 296 g/mol.